The van der Waals surface area contributed by atoms with Crippen LogP contribution in [0.1, 0.15) is 5.56 Å². The lowest BCUT2D eigenvalue weighted by molar-refractivity contribution is 0.876. The molecule has 5 nitrogen and oxygen atoms in total. The monoisotopic (exact) mass is 228 g/mol. The molecule has 62 valence electrons. The van der Waals surface area contributed by atoms with E-state index in [0.717, 1.165) is 0 Å². The second-order valence-corrected chi connectivity index (χ2v) is 3.15. The summed E-state index contributed by atoms with van der Waals surface area (Å²) in [7, 11) is 0. The molecule has 0 atom stereocenters. The number of rotatable bonds is 0. The topological polar surface area (TPSA) is 63.1 Å². The molecule has 0 fully saturated rings. The van der Waals surface area contributed by atoms with Crippen LogP contribution in [0.3, 0.4) is 0 Å². The summed E-state index contributed by atoms with van der Waals surface area (Å²) in [4.78, 5) is 19.3. The van der Waals surface area contributed by atoms with Crippen LogP contribution >= 0.6 is 15.9 Å². The molecule has 0 radical (unpaired) electrons. The molecule has 0 saturated carbocycles. The van der Waals surface area contributed by atoms with Crippen molar-refractivity contribution in [2.75, 3.05) is 0 Å². The maximum Gasteiger partial charge on any atom is 0.276 e. The van der Waals surface area contributed by atoms with Crippen molar-refractivity contribution < 1.29 is 0 Å². The summed E-state index contributed by atoms with van der Waals surface area (Å²) in [6.07, 6.45) is 1.50. The normalized spacial score (nSPS) is 10.8. The molecule has 0 aromatic carbocycles. The number of H-pyrrole nitrogens is 1. The molecule has 6 heteroatoms. The van der Waals surface area contributed by atoms with Crippen LogP contribution < -0.4 is 5.56 Å². The molecule has 2 rings (SSSR count). The Morgan fingerprint density at radius 1 is 1.67 bits per heavy atom. The predicted octanol–water partition coefficient (Wildman–Crippen LogP) is 0.489. The van der Waals surface area contributed by atoms with Crippen LogP contribution in [0.5, 0.6) is 0 Å². The number of aromatic nitrogens is 4. The van der Waals surface area contributed by atoms with E-state index < -0.39 is 0 Å². The van der Waals surface area contributed by atoms with Crippen molar-refractivity contribution in [3.8, 4) is 0 Å². The van der Waals surface area contributed by atoms with Gasteiger partial charge in [-0.05, 0) is 22.9 Å². The van der Waals surface area contributed by atoms with E-state index in [-0.39, 0.29) is 5.56 Å². The number of hydrogen-bond donors (Lipinski definition) is 1. The highest BCUT2D eigenvalue weighted by Crippen LogP contribution is 2.01. The maximum absolute atomic E-state index is 11.4. The fourth-order valence-corrected chi connectivity index (χ4v) is 1.26. The summed E-state index contributed by atoms with van der Waals surface area (Å²) in [6, 6.07) is 0. The highest BCUT2D eigenvalue weighted by molar-refractivity contribution is 9.10. The van der Waals surface area contributed by atoms with Gasteiger partial charge in [0.2, 0.25) is 0 Å². The first-order valence-electron chi connectivity index (χ1n) is 3.28. The second kappa shape index (κ2) is 2.41. The van der Waals surface area contributed by atoms with Gasteiger partial charge in [-0.2, -0.15) is 9.50 Å². The smallest absolute Gasteiger partial charge is 0.267 e. The lowest BCUT2D eigenvalue weighted by atomic mass is 10.4. The van der Waals surface area contributed by atoms with Crippen molar-refractivity contribution in [3.05, 3.63) is 26.8 Å². The van der Waals surface area contributed by atoms with Crippen LogP contribution in [0.4, 0.5) is 0 Å². The average Bonchev–Trinajstić information content (AvgIpc) is 2.39. The average molecular weight is 229 g/mol. The van der Waals surface area contributed by atoms with Gasteiger partial charge >= 0.3 is 0 Å². The Balaban J connectivity index is 2.99. The Bertz CT molecular complexity index is 486. The van der Waals surface area contributed by atoms with E-state index in [1.54, 1.807) is 6.92 Å². The van der Waals surface area contributed by atoms with Gasteiger partial charge in [0.1, 0.15) is 0 Å². The molecule has 0 aliphatic rings. The van der Waals surface area contributed by atoms with Crippen molar-refractivity contribution in [3.63, 3.8) is 0 Å². The molecule has 0 saturated heterocycles. The third kappa shape index (κ3) is 0.953. The number of aromatic amines is 1. The van der Waals surface area contributed by atoms with Gasteiger partial charge in [0.15, 0.2) is 4.73 Å². The van der Waals surface area contributed by atoms with Crippen LogP contribution in [-0.2, 0) is 0 Å². The number of nitrogens with zero attached hydrogens (tertiary/aromatic N) is 3. The molecular formula is C6H5BrN4O. The van der Waals surface area contributed by atoms with E-state index in [1.807, 2.05) is 0 Å². The Kier molecular flexibility index (Phi) is 1.50. The molecular weight excluding hydrogens is 224 g/mol. The zero-order valence-electron chi connectivity index (χ0n) is 6.21. The van der Waals surface area contributed by atoms with Crippen molar-refractivity contribution in [2.24, 2.45) is 0 Å². The summed E-state index contributed by atoms with van der Waals surface area (Å²) in [5, 5.41) is 2.71. The molecule has 1 N–H and O–H groups in total. The van der Waals surface area contributed by atoms with E-state index in [0.29, 0.717) is 16.1 Å². The highest BCUT2D eigenvalue weighted by atomic mass is 79.9. The van der Waals surface area contributed by atoms with Gasteiger partial charge < -0.3 is 0 Å². The summed E-state index contributed by atoms with van der Waals surface area (Å²) < 4.78 is 1.79. The Hall–Kier alpha value is -1.17. The van der Waals surface area contributed by atoms with Crippen molar-refractivity contribution in [1.82, 2.24) is 19.6 Å². The molecule has 0 aliphatic carbocycles. The summed E-state index contributed by atoms with van der Waals surface area (Å²) in [6.45, 7) is 1.70. The number of hydrogen-bond acceptors (Lipinski definition) is 3. The minimum atomic E-state index is -0.127. The van der Waals surface area contributed by atoms with Crippen LogP contribution in [0.15, 0.2) is 15.7 Å². The zero-order chi connectivity index (χ0) is 8.72. The molecule has 0 aliphatic heterocycles. The van der Waals surface area contributed by atoms with Crippen molar-refractivity contribution in [1.29, 1.82) is 0 Å². The van der Waals surface area contributed by atoms with Gasteiger partial charge in [-0.15, -0.1) is 0 Å². The van der Waals surface area contributed by atoms with Gasteiger partial charge in [0, 0.05) is 11.8 Å². The van der Waals surface area contributed by atoms with Crippen LogP contribution in [0, 0.1) is 6.92 Å². The number of fused-ring (bicyclic) bond motifs is 1. The lowest BCUT2D eigenvalue weighted by Gasteiger charge is -1.90. The summed E-state index contributed by atoms with van der Waals surface area (Å²) >= 11 is 3.12. The molecule has 0 spiro atoms. The van der Waals surface area contributed by atoms with E-state index >= 15 is 0 Å². The quantitative estimate of drug-likeness (QED) is 0.714. The van der Waals surface area contributed by atoms with Crippen molar-refractivity contribution >= 4 is 21.7 Å². The van der Waals surface area contributed by atoms with Gasteiger partial charge in [-0.3, -0.25) is 9.89 Å². The number of aryl methyl sites for hydroxylation is 1. The molecule has 0 unspecified atom stereocenters. The van der Waals surface area contributed by atoms with E-state index in [1.165, 1.54) is 10.7 Å². The minimum Gasteiger partial charge on any atom is -0.267 e. The Labute approximate surface area is 75.6 Å². The Morgan fingerprint density at radius 2 is 2.42 bits per heavy atom. The van der Waals surface area contributed by atoms with E-state index in [9.17, 15) is 4.79 Å². The maximum atomic E-state index is 11.4. The van der Waals surface area contributed by atoms with Gasteiger partial charge in [0.05, 0.1) is 0 Å². The lowest BCUT2D eigenvalue weighted by Crippen LogP contribution is -2.17. The molecule has 0 amide bonds. The number of nitrogens with one attached hydrogen (secondary N) is 1. The molecule has 12 heavy (non-hydrogen) atoms. The third-order valence-corrected chi connectivity index (χ3v) is 1.87. The van der Waals surface area contributed by atoms with E-state index in [2.05, 4.69) is 31.0 Å². The fourth-order valence-electron chi connectivity index (χ4n) is 0.919. The first-order chi connectivity index (χ1) is 5.68. The van der Waals surface area contributed by atoms with Crippen molar-refractivity contribution in [2.45, 2.75) is 6.92 Å². The third-order valence-electron chi connectivity index (χ3n) is 1.52. The fraction of sp³-hybridized carbons (Fsp3) is 0.167. The SMILES string of the molecule is Cc1cnc2nc(Br)[nH]n2c1=O. The van der Waals surface area contributed by atoms with Crippen LogP contribution in [-0.4, -0.2) is 19.6 Å². The van der Waals surface area contributed by atoms with Crippen LogP contribution in [0.2, 0.25) is 0 Å². The van der Waals surface area contributed by atoms with Gasteiger partial charge in [0.25, 0.3) is 11.3 Å². The Morgan fingerprint density at radius 3 is 3.17 bits per heavy atom. The number of halogens is 1. The zero-order valence-corrected chi connectivity index (χ0v) is 7.79. The van der Waals surface area contributed by atoms with Crippen LogP contribution in [0.25, 0.3) is 5.78 Å². The molecule has 2 aromatic heterocycles. The predicted molar refractivity (Wildman–Crippen MR) is 46.0 cm³/mol. The first kappa shape index (κ1) is 7.48. The first-order valence-corrected chi connectivity index (χ1v) is 4.07. The summed E-state index contributed by atoms with van der Waals surface area (Å²) in [5.41, 5.74) is 0.460. The second-order valence-electron chi connectivity index (χ2n) is 2.40. The standard InChI is InChI=1S/C6H5BrN4O/c1-3-2-8-6-9-5(7)10-11(6)4(3)12/h2H,1H3,(H,8,9,10). The molecule has 0 bridgehead atoms. The molecule has 2 heterocycles. The van der Waals surface area contributed by atoms with Gasteiger partial charge in [-0.25, -0.2) is 4.98 Å². The molecule has 2 aromatic rings. The van der Waals surface area contributed by atoms with Gasteiger partial charge in [-0.1, -0.05) is 0 Å². The largest absolute Gasteiger partial charge is 0.276 e. The van der Waals surface area contributed by atoms with E-state index in [4.69, 9.17) is 0 Å². The summed E-state index contributed by atoms with van der Waals surface area (Å²) in [5.74, 6) is 0.373. The minimum absolute atomic E-state index is 0.127. The highest BCUT2D eigenvalue weighted by Gasteiger charge is 2.03.